The number of nitrogens with zero attached hydrogens (tertiary/aromatic N) is 4. The molecule has 3 aromatic rings. The van der Waals surface area contributed by atoms with Crippen LogP contribution in [0, 0.1) is 0 Å². The minimum absolute atomic E-state index is 0.485. The highest BCUT2D eigenvalue weighted by Crippen LogP contribution is 2.39. The fraction of sp³-hybridized carbons (Fsp3) is 0.294. The highest BCUT2D eigenvalue weighted by Gasteiger charge is 2.17. The van der Waals surface area contributed by atoms with E-state index >= 15 is 0 Å². The molecule has 0 atom stereocenters. The fourth-order valence-electron chi connectivity index (χ4n) is 2.32. The Morgan fingerprint density at radius 2 is 1.92 bits per heavy atom. The molecule has 128 valence electrons. The Hall–Kier alpha value is -1.92. The first-order chi connectivity index (χ1) is 11.6. The largest absolute Gasteiger partial charge is 0.494 e. The average molecular weight is 365 g/mol. The number of pyridine rings is 1. The predicted molar refractivity (Wildman–Crippen MR) is 102 cm³/mol. The molecule has 2 heterocycles. The molecule has 5 nitrogen and oxygen atoms in total. The second-order valence-electron chi connectivity index (χ2n) is 4.73. The lowest BCUT2D eigenvalue weighted by molar-refractivity contribution is 0.416. The zero-order chi connectivity index (χ0) is 17.7. The summed E-state index contributed by atoms with van der Waals surface area (Å²) >= 11 is 7.38. The van der Waals surface area contributed by atoms with Gasteiger partial charge in [-0.2, -0.15) is 5.10 Å². The number of anilines is 1. The van der Waals surface area contributed by atoms with E-state index in [0.717, 1.165) is 27.2 Å². The maximum atomic E-state index is 5.83. The monoisotopic (exact) mass is 364 g/mol. The Balaban J connectivity index is 0.00000100. The normalized spacial score (nSPS) is 10.2. The summed E-state index contributed by atoms with van der Waals surface area (Å²) < 4.78 is 9.42. The van der Waals surface area contributed by atoms with E-state index in [1.54, 1.807) is 31.3 Å². The number of aryl methyl sites for hydroxylation is 1. The predicted octanol–water partition coefficient (Wildman–Crippen LogP) is 4.80. The van der Waals surface area contributed by atoms with Crippen LogP contribution in [0.1, 0.15) is 13.8 Å². The van der Waals surface area contributed by atoms with Gasteiger partial charge in [0.05, 0.1) is 18.8 Å². The van der Waals surface area contributed by atoms with Crippen LogP contribution in [0.4, 0.5) is 5.69 Å². The molecule has 1 aromatic carbocycles. The Morgan fingerprint density at radius 3 is 2.54 bits per heavy atom. The van der Waals surface area contributed by atoms with Crippen LogP contribution < -0.4 is 9.04 Å². The summed E-state index contributed by atoms with van der Waals surface area (Å²) in [6, 6.07) is 7.68. The summed E-state index contributed by atoms with van der Waals surface area (Å²) in [5, 5.41) is 5.88. The number of halogens is 1. The Labute approximate surface area is 151 Å². The number of hydrogen-bond acceptors (Lipinski definition) is 5. The van der Waals surface area contributed by atoms with E-state index in [2.05, 4.69) is 10.1 Å². The first kappa shape index (κ1) is 18.4. The lowest BCUT2D eigenvalue weighted by atomic mass is 10.2. The molecule has 0 aliphatic rings. The van der Waals surface area contributed by atoms with Crippen molar-refractivity contribution in [2.24, 2.45) is 7.05 Å². The number of fused-ring (bicyclic) bond motifs is 1. The van der Waals surface area contributed by atoms with Crippen LogP contribution >= 0.6 is 23.5 Å². The topological polar surface area (TPSA) is 43.2 Å². The van der Waals surface area contributed by atoms with Crippen molar-refractivity contribution in [2.75, 3.05) is 18.5 Å². The maximum absolute atomic E-state index is 5.83. The molecule has 0 radical (unpaired) electrons. The van der Waals surface area contributed by atoms with Gasteiger partial charge in [0.2, 0.25) is 0 Å². The molecule has 3 rings (SSSR count). The van der Waals surface area contributed by atoms with E-state index in [1.807, 2.05) is 61.3 Å². The first-order valence-electron chi connectivity index (χ1n) is 7.62. The van der Waals surface area contributed by atoms with Gasteiger partial charge < -0.3 is 9.04 Å². The van der Waals surface area contributed by atoms with Gasteiger partial charge in [-0.05, 0) is 36.2 Å². The highest BCUT2D eigenvalue weighted by atomic mass is 35.5. The van der Waals surface area contributed by atoms with E-state index in [-0.39, 0.29) is 0 Å². The summed E-state index contributed by atoms with van der Waals surface area (Å²) in [7, 11) is 5.58. The zero-order valence-electron chi connectivity index (χ0n) is 14.4. The van der Waals surface area contributed by atoms with Gasteiger partial charge in [0.1, 0.15) is 16.6 Å². The fourth-order valence-corrected chi connectivity index (χ4v) is 3.24. The number of aromatic nitrogens is 3. The zero-order valence-corrected chi connectivity index (χ0v) is 16.0. The van der Waals surface area contributed by atoms with Gasteiger partial charge in [0, 0.05) is 30.6 Å². The molecule has 0 N–H and O–H groups in total. The van der Waals surface area contributed by atoms with Crippen molar-refractivity contribution in [3.63, 3.8) is 0 Å². The standard InChI is InChI=1S/C15H15ClN4OS.C2H6/c1-19-14-10(8-18-19)4-6-12(21-3)15(14)20(2)22-11-5-7-13(16)17-9-11;1-2/h4-9H,1-3H3;1-2H3. The van der Waals surface area contributed by atoms with Crippen molar-refractivity contribution in [2.45, 2.75) is 18.7 Å². The molecule has 0 unspecified atom stereocenters. The molecule has 0 aliphatic heterocycles. The van der Waals surface area contributed by atoms with Gasteiger partial charge in [0.15, 0.2) is 0 Å². The smallest absolute Gasteiger partial charge is 0.145 e. The molecule has 2 aromatic heterocycles. The van der Waals surface area contributed by atoms with Gasteiger partial charge in [-0.3, -0.25) is 4.68 Å². The molecule has 0 bridgehead atoms. The van der Waals surface area contributed by atoms with Crippen LogP contribution in [0.15, 0.2) is 41.6 Å². The lowest BCUT2D eigenvalue weighted by Crippen LogP contribution is -2.10. The highest BCUT2D eigenvalue weighted by molar-refractivity contribution is 8.00. The molecule has 0 aliphatic carbocycles. The van der Waals surface area contributed by atoms with Gasteiger partial charge in [-0.25, -0.2) is 4.98 Å². The summed E-state index contributed by atoms with van der Waals surface area (Å²) in [4.78, 5) is 5.10. The van der Waals surface area contributed by atoms with Crippen LogP contribution in [0.3, 0.4) is 0 Å². The Kier molecular flexibility index (Phi) is 6.34. The third-order valence-corrected chi connectivity index (χ3v) is 4.45. The molecule has 0 spiro atoms. The van der Waals surface area contributed by atoms with Crippen molar-refractivity contribution in [3.05, 3.63) is 41.8 Å². The first-order valence-corrected chi connectivity index (χ1v) is 8.77. The molecule has 0 saturated carbocycles. The number of benzene rings is 1. The van der Waals surface area contributed by atoms with Crippen LogP contribution in [0.25, 0.3) is 10.9 Å². The van der Waals surface area contributed by atoms with E-state index < -0.39 is 0 Å². The molecular weight excluding hydrogens is 344 g/mol. The van der Waals surface area contributed by atoms with Gasteiger partial charge in [-0.15, -0.1) is 0 Å². The van der Waals surface area contributed by atoms with E-state index in [0.29, 0.717) is 5.15 Å². The third-order valence-electron chi connectivity index (χ3n) is 3.32. The summed E-state index contributed by atoms with van der Waals surface area (Å²) in [5.74, 6) is 0.799. The second-order valence-corrected chi connectivity index (χ2v) is 6.32. The summed E-state index contributed by atoms with van der Waals surface area (Å²) in [5.41, 5.74) is 2.00. The molecular formula is C17H21ClN4OS. The SMILES string of the molecule is CC.COc1ccc2cnn(C)c2c1N(C)Sc1ccc(Cl)nc1. The van der Waals surface area contributed by atoms with Gasteiger partial charge in [-0.1, -0.05) is 25.4 Å². The average Bonchev–Trinajstić information content (AvgIpc) is 2.99. The summed E-state index contributed by atoms with van der Waals surface area (Å²) in [6.45, 7) is 4.00. The van der Waals surface area contributed by atoms with Crippen LogP contribution in [-0.2, 0) is 7.05 Å². The van der Waals surface area contributed by atoms with Crippen LogP contribution in [0.5, 0.6) is 5.75 Å². The van der Waals surface area contributed by atoms with Gasteiger partial charge >= 0.3 is 0 Å². The Bertz CT molecular complexity index is 804. The number of rotatable bonds is 4. The van der Waals surface area contributed by atoms with Crippen molar-refractivity contribution < 1.29 is 4.74 Å². The minimum Gasteiger partial charge on any atom is -0.494 e. The van der Waals surface area contributed by atoms with Crippen molar-refractivity contribution in [1.29, 1.82) is 0 Å². The van der Waals surface area contributed by atoms with Crippen LogP contribution in [0.2, 0.25) is 5.15 Å². The second kappa shape index (κ2) is 8.26. The lowest BCUT2D eigenvalue weighted by Gasteiger charge is -2.21. The molecule has 0 saturated heterocycles. The quantitative estimate of drug-likeness (QED) is 0.491. The van der Waals surface area contributed by atoms with E-state index in [9.17, 15) is 0 Å². The minimum atomic E-state index is 0.485. The maximum Gasteiger partial charge on any atom is 0.145 e. The molecule has 24 heavy (non-hydrogen) atoms. The molecule has 0 fully saturated rings. The number of hydrogen-bond donors (Lipinski definition) is 0. The number of methoxy groups -OCH3 is 1. The molecule has 0 amide bonds. The van der Waals surface area contributed by atoms with Crippen molar-refractivity contribution >= 4 is 40.1 Å². The van der Waals surface area contributed by atoms with Crippen molar-refractivity contribution in [1.82, 2.24) is 14.8 Å². The van der Waals surface area contributed by atoms with Crippen LogP contribution in [-0.4, -0.2) is 28.9 Å². The summed E-state index contributed by atoms with van der Waals surface area (Å²) in [6.07, 6.45) is 3.60. The van der Waals surface area contributed by atoms with E-state index in [1.165, 1.54) is 0 Å². The number of ether oxygens (including phenoxy) is 1. The van der Waals surface area contributed by atoms with Gasteiger partial charge in [0.25, 0.3) is 0 Å². The third kappa shape index (κ3) is 3.76. The van der Waals surface area contributed by atoms with E-state index in [4.69, 9.17) is 16.3 Å². The van der Waals surface area contributed by atoms with Crippen molar-refractivity contribution in [3.8, 4) is 5.75 Å². The Morgan fingerprint density at radius 1 is 1.17 bits per heavy atom. The molecule has 7 heteroatoms.